The monoisotopic (exact) mass is 399 g/mol. The van der Waals surface area contributed by atoms with Gasteiger partial charge in [-0.15, -0.1) is 24.0 Å². The number of nitrogens with zero attached hydrogens (tertiary/aromatic N) is 2. The van der Waals surface area contributed by atoms with Crippen LogP contribution in [0.4, 0.5) is 0 Å². The van der Waals surface area contributed by atoms with Gasteiger partial charge in [0.05, 0.1) is 26.4 Å². The summed E-state index contributed by atoms with van der Waals surface area (Å²) in [5.74, 6) is 1.88. The van der Waals surface area contributed by atoms with Crippen LogP contribution in [0.25, 0.3) is 0 Å². The van der Waals surface area contributed by atoms with Crippen molar-refractivity contribution in [2.24, 2.45) is 10.9 Å². The molecular formula is C14H30IN3O2. The van der Waals surface area contributed by atoms with Crippen molar-refractivity contribution in [2.45, 2.75) is 26.7 Å². The number of guanidine groups is 1. The number of methoxy groups -OCH3 is 1. The van der Waals surface area contributed by atoms with E-state index in [1.54, 1.807) is 7.11 Å². The molecule has 120 valence electrons. The molecule has 0 saturated carbocycles. The fourth-order valence-corrected chi connectivity index (χ4v) is 2.11. The van der Waals surface area contributed by atoms with E-state index >= 15 is 0 Å². The molecule has 0 spiro atoms. The molecular weight excluding hydrogens is 369 g/mol. The lowest BCUT2D eigenvalue weighted by atomic mass is 10.00. The third kappa shape index (κ3) is 8.26. The van der Waals surface area contributed by atoms with E-state index in [2.05, 4.69) is 29.1 Å². The molecule has 0 radical (unpaired) electrons. The van der Waals surface area contributed by atoms with Crippen molar-refractivity contribution in [1.29, 1.82) is 0 Å². The van der Waals surface area contributed by atoms with Crippen LogP contribution in [0.1, 0.15) is 26.7 Å². The number of nitrogens with one attached hydrogen (secondary N) is 1. The second kappa shape index (κ2) is 12.6. The molecule has 1 rings (SSSR count). The Kier molecular flexibility index (Phi) is 12.6. The highest BCUT2D eigenvalue weighted by Crippen LogP contribution is 2.15. The molecule has 1 saturated heterocycles. The van der Waals surface area contributed by atoms with Gasteiger partial charge in [-0.25, -0.2) is 0 Å². The summed E-state index contributed by atoms with van der Waals surface area (Å²) in [6, 6.07) is 0. The van der Waals surface area contributed by atoms with Crippen LogP contribution in [0.3, 0.4) is 0 Å². The molecule has 5 nitrogen and oxygen atoms in total. The largest absolute Gasteiger partial charge is 0.382 e. The molecule has 6 heteroatoms. The molecule has 0 aromatic rings. The van der Waals surface area contributed by atoms with Crippen LogP contribution < -0.4 is 5.32 Å². The van der Waals surface area contributed by atoms with Crippen LogP contribution in [-0.2, 0) is 9.47 Å². The van der Waals surface area contributed by atoms with Crippen LogP contribution in [0.5, 0.6) is 0 Å². The van der Waals surface area contributed by atoms with Crippen LogP contribution in [0.2, 0.25) is 0 Å². The molecule has 1 aliphatic heterocycles. The van der Waals surface area contributed by atoms with Crippen molar-refractivity contribution in [3.05, 3.63) is 0 Å². The van der Waals surface area contributed by atoms with Crippen molar-refractivity contribution in [3.8, 4) is 0 Å². The van der Waals surface area contributed by atoms with E-state index in [0.29, 0.717) is 26.4 Å². The summed E-state index contributed by atoms with van der Waals surface area (Å²) in [6.07, 6.45) is 2.52. The minimum atomic E-state index is 0. The Labute approximate surface area is 140 Å². The maximum Gasteiger partial charge on any atom is 0.193 e. The zero-order valence-corrected chi connectivity index (χ0v) is 15.4. The van der Waals surface area contributed by atoms with E-state index in [1.807, 2.05) is 0 Å². The Balaban J connectivity index is 0.00000361. The van der Waals surface area contributed by atoms with Gasteiger partial charge in [0.2, 0.25) is 0 Å². The predicted molar refractivity (Wildman–Crippen MR) is 94.1 cm³/mol. The Morgan fingerprint density at radius 2 is 1.95 bits per heavy atom. The Hall–Kier alpha value is -0.0800. The zero-order valence-electron chi connectivity index (χ0n) is 13.1. The molecule has 0 aromatic heterocycles. The second-order valence-corrected chi connectivity index (χ2v) is 5.01. The number of piperidine rings is 1. The van der Waals surface area contributed by atoms with E-state index in [4.69, 9.17) is 9.47 Å². The van der Waals surface area contributed by atoms with Gasteiger partial charge in [-0.2, -0.15) is 0 Å². The van der Waals surface area contributed by atoms with Crippen molar-refractivity contribution in [3.63, 3.8) is 0 Å². The van der Waals surface area contributed by atoms with Crippen LogP contribution in [0, 0.1) is 5.92 Å². The summed E-state index contributed by atoms with van der Waals surface area (Å²) < 4.78 is 10.4. The van der Waals surface area contributed by atoms with E-state index in [-0.39, 0.29) is 24.0 Å². The van der Waals surface area contributed by atoms with Crippen molar-refractivity contribution in [2.75, 3.05) is 53.1 Å². The normalized spacial score (nSPS) is 16.9. The topological polar surface area (TPSA) is 46.1 Å². The van der Waals surface area contributed by atoms with Gasteiger partial charge in [0.1, 0.15) is 0 Å². The highest BCUT2D eigenvalue weighted by atomic mass is 127. The quantitative estimate of drug-likeness (QED) is 0.308. The van der Waals surface area contributed by atoms with Crippen LogP contribution in [-0.4, -0.2) is 64.0 Å². The zero-order chi connectivity index (χ0) is 13.9. The van der Waals surface area contributed by atoms with E-state index in [9.17, 15) is 0 Å². The average Bonchev–Trinajstić information content (AvgIpc) is 2.42. The number of halogens is 1. The lowest BCUT2D eigenvalue weighted by Crippen LogP contribution is -2.45. The third-order valence-corrected chi connectivity index (χ3v) is 3.35. The molecule has 20 heavy (non-hydrogen) atoms. The first-order valence-electron chi connectivity index (χ1n) is 7.37. The van der Waals surface area contributed by atoms with Gasteiger partial charge in [-0.3, -0.25) is 4.99 Å². The third-order valence-electron chi connectivity index (χ3n) is 3.35. The lowest BCUT2D eigenvalue weighted by molar-refractivity contribution is 0.0747. The fourth-order valence-electron chi connectivity index (χ4n) is 2.11. The Bertz CT molecular complexity index is 257. The SMILES string of the molecule is CCNC(=NCCOCCOC)N1CCC(C)CC1.I. The molecule has 0 atom stereocenters. The molecule has 0 amide bonds. The van der Waals surface area contributed by atoms with Crippen molar-refractivity contribution >= 4 is 29.9 Å². The molecule has 1 aliphatic rings. The Morgan fingerprint density at radius 1 is 1.25 bits per heavy atom. The van der Waals surface area contributed by atoms with Gasteiger partial charge >= 0.3 is 0 Å². The van der Waals surface area contributed by atoms with Crippen molar-refractivity contribution < 1.29 is 9.47 Å². The number of likely N-dealkylation sites (tertiary alicyclic amines) is 1. The molecule has 0 bridgehead atoms. The highest BCUT2D eigenvalue weighted by molar-refractivity contribution is 14.0. The minimum absolute atomic E-state index is 0. The first kappa shape index (κ1) is 19.9. The van der Waals surface area contributed by atoms with Gasteiger partial charge in [0.25, 0.3) is 0 Å². The van der Waals surface area contributed by atoms with Gasteiger partial charge in [0.15, 0.2) is 5.96 Å². The predicted octanol–water partition coefficient (Wildman–Crippen LogP) is 1.96. The van der Waals surface area contributed by atoms with Gasteiger partial charge in [-0.1, -0.05) is 6.92 Å². The molecule has 0 aromatic carbocycles. The summed E-state index contributed by atoms with van der Waals surface area (Å²) in [6.45, 7) is 10.2. The number of ether oxygens (including phenoxy) is 2. The number of aliphatic imine (C=N–C) groups is 1. The first-order chi connectivity index (χ1) is 9.27. The second-order valence-electron chi connectivity index (χ2n) is 5.01. The number of hydrogen-bond acceptors (Lipinski definition) is 3. The van der Waals surface area contributed by atoms with E-state index in [0.717, 1.165) is 31.5 Å². The van der Waals surface area contributed by atoms with Gasteiger partial charge < -0.3 is 19.7 Å². The minimum Gasteiger partial charge on any atom is -0.382 e. The summed E-state index contributed by atoms with van der Waals surface area (Å²) >= 11 is 0. The van der Waals surface area contributed by atoms with Crippen LogP contribution in [0.15, 0.2) is 4.99 Å². The Morgan fingerprint density at radius 3 is 2.55 bits per heavy atom. The summed E-state index contributed by atoms with van der Waals surface area (Å²) in [4.78, 5) is 6.99. The van der Waals surface area contributed by atoms with Crippen molar-refractivity contribution in [1.82, 2.24) is 10.2 Å². The smallest absolute Gasteiger partial charge is 0.193 e. The highest BCUT2D eigenvalue weighted by Gasteiger charge is 2.18. The molecule has 0 aliphatic carbocycles. The van der Waals surface area contributed by atoms with Gasteiger partial charge in [0, 0.05) is 26.7 Å². The molecule has 1 fully saturated rings. The summed E-state index contributed by atoms with van der Waals surface area (Å²) in [5, 5.41) is 3.36. The molecule has 0 unspecified atom stereocenters. The first-order valence-corrected chi connectivity index (χ1v) is 7.37. The number of rotatable bonds is 7. The average molecular weight is 399 g/mol. The summed E-state index contributed by atoms with van der Waals surface area (Å²) in [7, 11) is 1.68. The maximum atomic E-state index is 5.43. The van der Waals surface area contributed by atoms with E-state index < -0.39 is 0 Å². The molecule has 1 heterocycles. The molecule has 1 N–H and O–H groups in total. The number of hydrogen-bond donors (Lipinski definition) is 1. The lowest BCUT2D eigenvalue weighted by Gasteiger charge is -2.33. The summed E-state index contributed by atoms with van der Waals surface area (Å²) in [5.41, 5.74) is 0. The maximum absolute atomic E-state index is 5.43. The van der Waals surface area contributed by atoms with E-state index in [1.165, 1.54) is 12.8 Å². The fraction of sp³-hybridized carbons (Fsp3) is 0.929. The standard InChI is InChI=1S/C14H29N3O2.HI/c1-4-15-14(16-7-10-19-12-11-18-3)17-8-5-13(2)6-9-17;/h13H,4-12H2,1-3H3,(H,15,16);1H. The van der Waals surface area contributed by atoms with Crippen LogP contribution >= 0.6 is 24.0 Å². The van der Waals surface area contributed by atoms with Gasteiger partial charge in [-0.05, 0) is 25.7 Å².